The summed E-state index contributed by atoms with van der Waals surface area (Å²) in [5.74, 6) is 0. The Morgan fingerprint density at radius 2 is 2.05 bits per heavy atom. The molecule has 1 unspecified atom stereocenters. The fraction of sp³-hybridized carbons (Fsp3) is 0.786. The number of rotatable bonds is 3. The van der Waals surface area contributed by atoms with Gasteiger partial charge < -0.3 is 15.2 Å². The maximum Gasteiger partial charge on any atom is 0.313 e. The fourth-order valence-corrected chi connectivity index (χ4v) is 2.94. The van der Waals surface area contributed by atoms with E-state index < -0.39 is 0 Å². The third kappa shape index (κ3) is 4.44. The Bertz CT molecular complexity index is 425. The van der Waals surface area contributed by atoms with Crippen molar-refractivity contribution in [1.29, 1.82) is 0 Å². The summed E-state index contributed by atoms with van der Waals surface area (Å²) in [6, 6.07) is 0.311. The predicted octanol–water partition coefficient (Wildman–Crippen LogP) is 2.04. The second kappa shape index (κ2) is 7.26. The highest BCUT2D eigenvalue weighted by atomic mass is 32.2. The van der Waals surface area contributed by atoms with Gasteiger partial charge in [-0.1, -0.05) is 11.8 Å². The molecule has 2 N–H and O–H groups in total. The first kappa shape index (κ1) is 16.3. The van der Waals surface area contributed by atoms with E-state index in [1.807, 2.05) is 13.2 Å². The van der Waals surface area contributed by atoms with Crippen molar-refractivity contribution in [2.24, 2.45) is 26.1 Å². The van der Waals surface area contributed by atoms with Gasteiger partial charge in [-0.05, 0) is 45.6 Å². The lowest BCUT2D eigenvalue weighted by molar-refractivity contribution is -0.141. The van der Waals surface area contributed by atoms with E-state index >= 15 is 0 Å². The molecule has 21 heavy (non-hydrogen) atoms. The number of amidine groups is 2. The molecule has 118 valence electrons. The van der Waals surface area contributed by atoms with Crippen LogP contribution in [-0.4, -0.2) is 49.6 Å². The molecule has 1 aliphatic carbocycles. The van der Waals surface area contributed by atoms with Gasteiger partial charge in [0.1, 0.15) is 12.3 Å². The highest BCUT2D eigenvalue weighted by Crippen LogP contribution is 2.42. The predicted molar refractivity (Wildman–Crippen MR) is 88.2 cm³/mol. The number of hydrogen-bond acceptors (Lipinski definition) is 5. The van der Waals surface area contributed by atoms with Gasteiger partial charge in [0.25, 0.3) is 0 Å². The second-order valence-electron chi connectivity index (χ2n) is 5.68. The minimum absolute atomic E-state index is 0.162. The van der Waals surface area contributed by atoms with Crippen molar-refractivity contribution >= 4 is 29.7 Å². The van der Waals surface area contributed by atoms with Gasteiger partial charge in [0.15, 0.2) is 5.17 Å². The van der Waals surface area contributed by atoms with Gasteiger partial charge in [-0.3, -0.25) is 0 Å². The zero-order chi connectivity index (χ0) is 15.3. The maximum absolute atomic E-state index is 5.85. The molecule has 2 aliphatic rings. The molecular formula is C14H24N4O2S. The summed E-state index contributed by atoms with van der Waals surface area (Å²) < 4.78 is 11.2. The average molecular weight is 312 g/mol. The number of aliphatic imine (C=N–C) groups is 3. The lowest BCUT2D eigenvalue weighted by atomic mass is 9.72. The van der Waals surface area contributed by atoms with Crippen LogP contribution in [0.3, 0.4) is 0 Å². The topological polar surface area (TPSA) is 81.6 Å². The Morgan fingerprint density at radius 3 is 2.52 bits per heavy atom. The number of nitrogens with zero attached hydrogens (tertiary/aromatic N) is 3. The molecule has 0 bridgehead atoms. The van der Waals surface area contributed by atoms with Gasteiger partial charge in [-0.25, -0.2) is 15.0 Å². The monoisotopic (exact) mass is 312 g/mol. The highest BCUT2D eigenvalue weighted by Gasteiger charge is 2.42. The molecule has 2 rings (SSSR count). The Morgan fingerprint density at radius 1 is 1.38 bits per heavy atom. The molecule has 0 aromatic rings. The van der Waals surface area contributed by atoms with E-state index in [4.69, 9.17) is 15.2 Å². The summed E-state index contributed by atoms with van der Waals surface area (Å²) in [4.78, 5) is 12.4. The first-order valence-electron chi connectivity index (χ1n) is 7.23. The van der Waals surface area contributed by atoms with Crippen LogP contribution in [0.1, 0.15) is 32.6 Å². The van der Waals surface area contributed by atoms with Crippen molar-refractivity contribution < 1.29 is 9.47 Å². The second-order valence-corrected chi connectivity index (χ2v) is 6.51. The van der Waals surface area contributed by atoms with Gasteiger partial charge in [0, 0.05) is 5.41 Å². The highest BCUT2D eigenvalue weighted by molar-refractivity contribution is 8.13. The van der Waals surface area contributed by atoms with Crippen LogP contribution in [0.2, 0.25) is 0 Å². The molecule has 0 amide bonds. The fourth-order valence-electron chi connectivity index (χ4n) is 2.68. The molecule has 1 aliphatic heterocycles. The van der Waals surface area contributed by atoms with Gasteiger partial charge >= 0.3 is 6.02 Å². The smallest absolute Gasteiger partial charge is 0.313 e. The summed E-state index contributed by atoms with van der Waals surface area (Å²) in [7, 11) is 0. The molecule has 2 fully saturated rings. The standard InChI is InChI=1S/C14H24N4O2S/c1-10(17-12(15)21-3)18-13(16-2)20-11-4-6-14(7-5-11)8-19-9-14/h10-11H,2,4-9H2,1,3H3,(H2,15,17)/b18-13+. The van der Waals surface area contributed by atoms with Crippen molar-refractivity contribution in [3.05, 3.63) is 0 Å². The van der Waals surface area contributed by atoms with Gasteiger partial charge in [0.05, 0.1) is 13.2 Å². The summed E-state index contributed by atoms with van der Waals surface area (Å²) in [6.45, 7) is 7.18. The SMILES string of the molecule is C=N/C(=N\C(C)/N=C(/N)SC)OC1CCC2(CC1)COC2. The number of thioether (sulfide) groups is 1. The van der Waals surface area contributed by atoms with Crippen LogP contribution in [-0.2, 0) is 9.47 Å². The minimum atomic E-state index is -0.312. The summed E-state index contributed by atoms with van der Waals surface area (Å²) in [5.41, 5.74) is 6.09. The van der Waals surface area contributed by atoms with Crippen LogP contribution in [0.25, 0.3) is 0 Å². The van der Waals surface area contributed by atoms with Crippen LogP contribution >= 0.6 is 11.8 Å². The van der Waals surface area contributed by atoms with Crippen LogP contribution in [0.15, 0.2) is 15.0 Å². The zero-order valence-corrected chi connectivity index (χ0v) is 13.6. The molecule has 0 radical (unpaired) electrons. The van der Waals surface area contributed by atoms with E-state index in [1.54, 1.807) is 0 Å². The Kier molecular flexibility index (Phi) is 5.64. The van der Waals surface area contributed by atoms with Crippen molar-refractivity contribution in [1.82, 2.24) is 0 Å². The lowest BCUT2D eigenvalue weighted by Crippen LogP contribution is -2.46. The van der Waals surface area contributed by atoms with Gasteiger partial charge in [-0.2, -0.15) is 0 Å². The molecule has 1 atom stereocenters. The lowest BCUT2D eigenvalue weighted by Gasteiger charge is -2.45. The van der Waals surface area contributed by atoms with E-state index in [1.165, 1.54) is 11.8 Å². The number of hydrogen-bond donors (Lipinski definition) is 1. The van der Waals surface area contributed by atoms with Crippen molar-refractivity contribution in [2.45, 2.75) is 44.9 Å². The van der Waals surface area contributed by atoms with E-state index in [2.05, 4.69) is 21.7 Å². The Labute approximate surface area is 130 Å². The molecule has 1 saturated carbocycles. The minimum Gasteiger partial charge on any atom is -0.460 e. The summed E-state index contributed by atoms with van der Waals surface area (Å²) in [6.07, 6.45) is 6.05. The van der Waals surface area contributed by atoms with E-state index in [9.17, 15) is 0 Å². The molecule has 7 heteroatoms. The van der Waals surface area contributed by atoms with Crippen LogP contribution in [0.4, 0.5) is 0 Å². The molecule has 0 aromatic heterocycles. The quantitative estimate of drug-likeness (QED) is 0.638. The summed E-state index contributed by atoms with van der Waals surface area (Å²) >= 11 is 1.39. The molecular weight excluding hydrogens is 288 g/mol. The van der Waals surface area contributed by atoms with E-state index in [-0.39, 0.29) is 12.3 Å². The molecule has 0 aromatic carbocycles. The largest absolute Gasteiger partial charge is 0.460 e. The Balaban J connectivity index is 1.86. The van der Waals surface area contributed by atoms with Crippen LogP contribution in [0.5, 0.6) is 0 Å². The maximum atomic E-state index is 5.85. The van der Waals surface area contributed by atoms with Gasteiger partial charge in [-0.15, -0.1) is 0 Å². The van der Waals surface area contributed by atoms with Gasteiger partial charge in [0.2, 0.25) is 0 Å². The molecule has 1 saturated heterocycles. The first-order chi connectivity index (χ1) is 10.1. The average Bonchev–Trinajstić information content (AvgIpc) is 2.45. The first-order valence-corrected chi connectivity index (χ1v) is 8.45. The molecule has 6 nitrogen and oxygen atoms in total. The third-order valence-corrected chi connectivity index (χ3v) is 4.56. The van der Waals surface area contributed by atoms with E-state index in [0.29, 0.717) is 16.6 Å². The zero-order valence-electron chi connectivity index (χ0n) is 12.7. The van der Waals surface area contributed by atoms with Crippen LogP contribution in [0, 0.1) is 5.41 Å². The van der Waals surface area contributed by atoms with Crippen molar-refractivity contribution in [2.75, 3.05) is 19.5 Å². The summed E-state index contributed by atoms with van der Waals surface area (Å²) in [5, 5.41) is 0.499. The Hall–Kier alpha value is -1.08. The van der Waals surface area contributed by atoms with Crippen LogP contribution < -0.4 is 5.73 Å². The number of ether oxygens (including phenoxy) is 2. The number of nitrogens with two attached hydrogens (primary N) is 1. The van der Waals surface area contributed by atoms with Crippen molar-refractivity contribution in [3.63, 3.8) is 0 Å². The third-order valence-electron chi connectivity index (χ3n) is 4.04. The molecule has 1 spiro atoms. The molecule has 1 heterocycles. The normalized spacial score (nSPS) is 24.5. The van der Waals surface area contributed by atoms with E-state index in [0.717, 1.165) is 38.9 Å². The van der Waals surface area contributed by atoms with Crippen molar-refractivity contribution in [3.8, 4) is 0 Å².